The molecule has 0 fully saturated rings. The molecule has 1 aliphatic heterocycles. The number of carbonyl (C=O) groups excluding carboxylic acids is 2. The van der Waals surface area contributed by atoms with Crippen LogP contribution in [-0.4, -0.2) is 67.4 Å². The number of aromatic nitrogens is 1. The molecule has 4 aromatic rings. The molecule has 10 nitrogen and oxygen atoms in total. The summed E-state index contributed by atoms with van der Waals surface area (Å²) >= 11 is 0. The van der Waals surface area contributed by atoms with Crippen LogP contribution in [-0.2, 0) is 30.7 Å². The average Bonchev–Trinajstić information content (AvgIpc) is 3.56. The third kappa shape index (κ3) is 8.04. The summed E-state index contributed by atoms with van der Waals surface area (Å²) < 4.78 is 32.6. The number of aliphatic hydroxyl groups is 1. The number of aliphatic hydroxyl groups excluding tert-OH is 1. The maximum absolute atomic E-state index is 14.2. The van der Waals surface area contributed by atoms with E-state index in [0.29, 0.717) is 33.5 Å². The van der Waals surface area contributed by atoms with Crippen molar-refractivity contribution in [3.8, 4) is 5.75 Å². The zero-order valence-corrected chi connectivity index (χ0v) is 34.3. The summed E-state index contributed by atoms with van der Waals surface area (Å²) in [4.78, 5) is 29.4. The Bertz CT molecular complexity index is 1930. The van der Waals surface area contributed by atoms with Crippen molar-refractivity contribution in [1.82, 2.24) is 4.57 Å². The number of nitrogens with zero attached hydrogens (tertiary/aromatic N) is 2. The van der Waals surface area contributed by atoms with E-state index in [1.165, 1.54) is 9.47 Å². The average molecular weight is 745 g/mol. The third-order valence-corrected chi connectivity index (χ3v) is 14.6. The van der Waals surface area contributed by atoms with Crippen molar-refractivity contribution >= 4 is 37.1 Å². The lowest BCUT2D eigenvalue weighted by Crippen LogP contribution is -2.57. The van der Waals surface area contributed by atoms with Gasteiger partial charge in [-0.25, -0.2) is 14.5 Å². The second-order valence-corrected chi connectivity index (χ2v) is 22.0. The Labute approximate surface area is 315 Å². The number of anilines is 1. The summed E-state index contributed by atoms with van der Waals surface area (Å²) in [6.45, 7) is 21.9. The minimum atomic E-state index is -2.41. The number of hydrogen-bond acceptors (Lipinski definition) is 8. The van der Waals surface area contributed by atoms with Crippen LogP contribution in [0.1, 0.15) is 79.0 Å². The highest BCUT2D eigenvalue weighted by molar-refractivity contribution is 6.74. The SMILES string of the molecule is COc1ccc(CO[C@H](CO[Si](C)(C)C(C)(C)C)[C@]2(c3cn(C(=O)OC(C)(C)C)c4ccccc34)c3ccccc3N(C(=O)OC(C)(C)C)C2O)cc1. The molecule has 0 bridgehead atoms. The number of methoxy groups -OCH3 is 1. The molecule has 1 amide bonds. The fourth-order valence-corrected chi connectivity index (χ4v) is 7.52. The number of hydrogen-bond donors (Lipinski definition) is 1. The van der Waals surface area contributed by atoms with E-state index in [1.807, 2.05) is 87.5 Å². The van der Waals surface area contributed by atoms with Crippen molar-refractivity contribution in [2.24, 2.45) is 0 Å². The van der Waals surface area contributed by atoms with E-state index >= 15 is 0 Å². The quantitative estimate of drug-likeness (QED) is 0.169. The molecule has 2 heterocycles. The van der Waals surface area contributed by atoms with Gasteiger partial charge in [-0.2, -0.15) is 0 Å². The predicted octanol–water partition coefficient (Wildman–Crippen LogP) is 9.40. The topological polar surface area (TPSA) is 109 Å². The van der Waals surface area contributed by atoms with Gasteiger partial charge in [0.05, 0.1) is 43.0 Å². The van der Waals surface area contributed by atoms with Crippen molar-refractivity contribution in [2.75, 3.05) is 18.6 Å². The summed E-state index contributed by atoms with van der Waals surface area (Å²) in [5, 5.41) is 13.6. The maximum atomic E-state index is 14.2. The van der Waals surface area contributed by atoms with E-state index < -0.39 is 49.5 Å². The first-order chi connectivity index (χ1) is 24.6. The molecule has 1 aliphatic rings. The highest BCUT2D eigenvalue weighted by Gasteiger charge is 2.61. The van der Waals surface area contributed by atoms with Gasteiger partial charge in [0.15, 0.2) is 14.5 Å². The molecule has 0 saturated heterocycles. The van der Waals surface area contributed by atoms with Gasteiger partial charge in [0.2, 0.25) is 0 Å². The number of rotatable bonds is 9. The first-order valence-corrected chi connectivity index (χ1v) is 21.0. The first kappa shape index (κ1) is 40.0. The first-order valence-electron chi connectivity index (χ1n) is 18.1. The van der Waals surface area contributed by atoms with E-state index in [1.54, 1.807) is 40.1 Å². The zero-order valence-electron chi connectivity index (χ0n) is 33.3. The number of amides is 1. The van der Waals surface area contributed by atoms with Gasteiger partial charge in [0.1, 0.15) is 17.0 Å². The van der Waals surface area contributed by atoms with E-state index in [-0.39, 0.29) is 18.3 Å². The third-order valence-electron chi connectivity index (χ3n) is 10.1. The number of para-hydroxylation sites is 2. The van der Waals surface area contributed by atoms with Crippen molar-refractivity contribution in [2.45, 2.75) is 116 Å². The van der Waals surface area contributed by atoms with Gasteiger partial charge in [-0.15, -0.1) is 0 Å². The second-order valence-electron chi connectivity index (χ2n) is 17.2. The Kier molecular flexibility index (Phi) is 11.0. The fraction of sp³-hybridized carbons (Fsp3) is 0.476. The van der Waals surface area contributed by atoms with Crippen LogP contribution in [0.25, 0.3) is 10.9 Å². The van der Waals surface area contributed by atoms with Gasteiger partial charge in [-0.05, 0) is 101 Å². The molecular weight excluding hydrogens is 689 g/mol. The van der Waals surface area contributed by atoms with E-state index in [2.05, 4.69) is 33.9 Å². The lowest BCUT2D eigenvalue weighted by molar-refractivity contribution is -0.0661. The summed E-state index contributed by atoms with van der Waals surface area (Å²) in [7, 11) is -0.796. The van der Waals surface area contributed by atoms with Crippen molar-refractivity contribution < 1.29 is 38.1 Å². The van der Waals surface area contributed by atoms with Crippen LogP contribution < -0.4 is 9.64 Å². The molecule has 1 aromatic heterocycles. The molecule has 286 valence electrons. The van der Waals surface area contributed by atoms with Gasteiger partial charge in [-0.1, -0.05) is 69.3 Å². The number of carbonyl (C=O) groups is 2. The van der Waals surface area contributed by atoms with E-state index in [4.69, 9.17) is 23.4 Å². The van der Waals surface area contributed by atoms with Gasteiger partial charge < -0.3 is 28.5 Å². The minimum absolute atomic E-state index is 0.0755. The molecule has 1 unspecified atom stereocenters. The molecule has 5 rings (SSSR count). The Morgan fingerprint density at radius 1 is 0.811 bits per heavy atom. The minimum Gasteiger partial charge on any atom is -0.497 e. The zero-order chi connectivity index (χ0) is 39.1. The van der Waals surface area contributed by atoms with Crippen molar-refractivity contribution in [3.05, 3.63) is 95.7 Å². The summed E-state index contributed by atoms with van der Waals surface area (Å²) in [5.41, 5.74) is 0.0133. The summed E-state index contributed by atoms with van der Waals surface area (Å²) in [5.74, 6) is 0.714. The van der Waals surface area contributed by atoms with Crippen LogP contribution in [0, 0.1) is 0 Å². The monoisotopic (exact) mass is 744 g/mol. The van der Waals surface area contributed by atoms with Gasteiger partial charge >= 0.3 is 12.2 Å². The molecule has 0 radical (unpaired) electrons. The normalized spacial score (nSPS) is 18.5. The molecule has 3 aromatic carbocycles. The highest BCUT2D eigenvalue weighted by atomic mass is 28.4. The number of ether oxygens (including phenoxy) is 4. The Morgan fingerprint density at radius 3 is 2.00 bits per heavy atom. The number of fused-ring (bicyclic) bond motifs is 2. The van der Waals surface area contributed by atoms with Crippen LogP contribution >= 0.6 is 0 Å². The Balaban J connectivity index is 1.81. The largest absolute Gasteiger partial charge is 0.497 e. The Hall–Kier alpha value is -4.16. The lowest BCUT2D eigenvalue weighted by atomic mass is 9.70. The lowest BCUT2D eigenvalue weighted by Gasteiger charge is -2.44. The second kappa shape index (κ2) is 14.6. The molecule has 3 atom stereocenters. The van der Waals surface area contributed by atoms with Gasteiger partial charge in [-0.3, -0.25) is 4.57 Å². The van der Waals surface area contributed by atoms with E-state index in [0.717, 1.165) is 5.56 Å². The van der Waals surface area contributed by atoms with Crippen molar-refractivity contribution in [1.29, 1.82) is 0 Å². The molecule has 11 heteroatoms. The standard InChI is InChI=1S/C42H56N2O8Si/c1-39(2,3)51-37(46)43-25-32(30-17-13-15-19-33(30)43)42(31-18-14-16-20-34(31)44(36(42)45)38(47)52-40(4,5)6)35(27-50-53(11,12)41(7,8)9)49-26-28-21-23-29(48-10)24-22-28/h13-25,35-36,45H,26-27H2,1-12H3/t35-,36?,42-/m1/s1. The van der Waals surface area contributed by atoms with Crippen LogP contribution in [0.4, 0.5) is 15.3 Å². The fourth-order valence-electron chi connectivity index (χ4n) is 6.52. The molecule has 1 N–H and O–H groups in total. The molecule has 0 aliphatic carbocycles. The molecule has 0 spiro atoms. The van der Waals surface area contributed by atoms with E-state index in [9.17, 15) is 14.7 Å². The maximum Gasteiger partial charge on any atom is 0.419 e. The number of benzene rings is 3. The predicted molar refractivity (Wildman–Crippen MR) is 210 cm³/mol. The highest BCUT2D eigenvalue weighted by Crippen LogP contribution is 2.54. The van der Waals surface area contributed by atoms with Crippen LogP contribution in [0.3, 0.4) is 0 Å². The van der Waals surface area contributed by atoms with Crippen LogP contribution in [0.15, 0.2) is 79.0 Å². The molecule has 0 saturated carbocycles. The van der Waals surface area contributed by atoms with Gasteiger partial charge in [0, 0.05) is 11.6 Å². The summed E-state index contributed by atoms with van der Waals surface area (Å²) in [6.07, 6.45) is -2.01. The Morgan fingerprint density at radius 2 is 1.40 bits per heavy atom. The molecule has 53 heavy (non-hydrogen) atoms. The van der Waals surface area contributed by atoms with Crippen LogP contribution in [0.2, 0.25) is 18.1 Å². The van der Waals surface area contributed by atoms with Crippen LogP contribution in [0.5, 0.6) is 5.75 Å². The van der Waals surface area contributed by atoms with Gasteiger partial charge in [0.25, 0.3) is 0 Å². The smallest absolute Gasteiger partial charge is 0.419 e. The summed E-state index contributed by atoms with van der Waals surface area (Å²) in [6, 6.07) is 22.5. The van der Waals surface area contributed by atoms with Crippen molar-refractivity contribution in [3.63, 3.8) is 0 Å². The molecular formula is C42H56N2O8Si.